The van der Waals surface area contributed by atoms with Crippen molar-refractivity contribution in [2.24, 2.45) is 11.7 Å². The Labute approximate surface area is 138 Å². The fraction of sp³-hybridized carbons (Fsp3) is 0.875. The normalized spacial score (nSPS) is 22.7. The van der Waals surface area contributed by atoms with Crippen LogP contribution >= 0.6 is 0 Å². The van der Waals surface area contributed by atoms with Gasteiger partial charge in [0.1, 0.15) is 0 Å². The molecule has 2 heterocycles. The minimum atomic E-state index is -0.415. The summed E-state index contributed by atoms with van der Waals surface area (Å²) in [5, 5.41) is 0. The molecule has 2 N–H and O–H groups in total. The smallest absolute Gasteiger partial charge is 0.239 e. The first-order valence-electron chi connectivity index (χ1n) is 8.65. The average Bonchev–Trinajstić information content (AvgIpc) is 2.61. The molecule has 2 fully saturated rings. The van der Waals surface area contributed by atoms with Gasteiger partial charge in [0, 0.05) is 39.3 Å². The topological polar surface area (TPSA) is 79.1 Å². The van der Waals surface area contributed by atoms with Gasteiger partial charge in [-0.3, -0.25) is 14.5 Å². The van der Waals surface area contributed by atoms with Crippen LogP contribution in [0.4, 0.5) is 0 Å². The SMILES string of the molecule is CCC(C)C(N)C(=O)N1CCN(CC(=O)N2CCOCC2)CC1. The quantitative estimate of drug-likeness (QED) is 0.727. The van der Waals surface area contributed by atoms with Crippen LogP contribution in [0.1, 0.15) is 20.3 Å². The molecule has 2 saturated heterocycles. The monoisotopic (exact) mass is 326 g/mol. The Morgan fingerprint density at radius 2 is 1.65 bits per heavy atom. The summed E-state index contributed by atoms with van der Waals surface area (Å²) in [7, 11) is 0. The molecule has 2 atom stereocenters. The van der Waals surface area contributed by atoms with Crippen molar-refractivity contribution in [1.82, 2.24) is 14.7 Å². The standard InChI is InChI=1S/C16H30N4O3/c1-3-13(2)15(17)16(22)20-6-4-18(5-7-20)12-14(21)19-8-10-23-11-9-19/h13,15H,3-12,17H2,1-2H3. The van der Waals surface area contributed by atoms with Crippen LogP contribution in [-0.2, 0) is 14.3 Å². The molecule has 0 aromatic carbocycles. The van der Waals surface area contributed by atoms with E-state index in [2.05, 4.69) is 4.90 Å². The highest BCUT2D eigenvalue weighted by molar-refractivity contribution is 5.82. The number of hydrogen-bond donors (Lipinski definition) is 1. The van der Waals surface area contributed by atoms with Crippen molar-refractivity contribution in [3.8, 4) is 0 Å². The van der Waals surface area contributed by atoms with Gasteiger partial charge in [-0.15, -0.1) is 0 Å². The summed E-state index contributed by atoms with van der Waals surface area (Å²) in [6.07, 6.45) is 0.904. The third-order valence-electron chi connectivity index (χ3n) is 4.95. The maximum Gasteiger partial charge on any atom is 0.239 e. The summed E-state index contributed by atoms with van der Waals surface area (Å²) in [5.41, 5.74) is 6.04. The first-order chi connectivity index (χ1) is 11.0. The van der Waals surface area contributed by atoms with Gasteiger partial charge in [0.25, 0.3) is 0 Å². The molecule has 0 saturated carbocycles. The zero-order valence-corrected chi connectivity index (χ0v) is 14.4. The molecule has 132 valence electrons. The molecular formula is C16H30N4O3. The van der Waals surface area contributed by atoms with Crippen LogP contribution < -0.4 is 5.73 Å². The highest BCUT2D eigenvalue weighted by Gasteiger charge is 2.29. The molecule has 0 aromatic rings. The minimum absolute atomic E-state index is 0.0403. The predicted octanol–water partition coefficient (Wildman–Crippen LogP) is -0.637. The maximum absolute atomic E-state index is 12.4. The van der Waals surface area contributed by atoms with Gasteiger partial charge in [-0.05, 0) is 5.92 Å². The summed E-state index contributed by atoms with van der Waals surface area (Å²) in [5.74, 6) is 0.395. The fourth-order valence-corrected chi connectivity index (χ4v) is 2.94. The number of piperazine rings is 1. The lowest BCUT2D eigenvalue weighted by Gasteiger charge is -2.37. The van der Waals surface area contributed by atoms with Gasteiger partial charge in [-0.25, -0.2) is 0 Å². The number of carbonyl (C=O) groups is 2. The highest BCUT2D eigenvalue weighted by atomic mass is 16.5. The number of nitrogens with two attached hydrogens (primary N) is 1. The van der Waals surface area contributed by atoms with E-state index < -0.39 is 6.04 Å². The molecule has 2 amide bonds. The molecule has 23 heavy (non-hydrogen) atoms. The van der Waals surface area contributed by atoms with Crippen molar-refractivity contribution in [3.05, 3.63) is 0 Å². The summed E-state index contributed by atoms with van der Waals surface area (Å²) in [6, 6.07) is -0.415. The van der Waals surface area contributed by atoms with E-state index in [0.29, 0.717) is 45.9 Å². The van der Waals surface area contributed by atoms with Gasteiger partial charge in [0.2, 0.25) is 11.8 Å². The zero-order valence-electron chi connectivity index (χ0n) is 14.4. The van der Waals surface area contributed by atoms with Gasteiger partial charge in [-0.2, -0.15) is 0 Å². The van der Waals surface area contributed by atoms with Crippen molar-refractivity contribution in [2.45, 2.75) is 26.3 Å². The zero-order chi connectivity index (χ0) is 16.8. The molecule has 2 unspecified atom stereocenters. The van der Waals surface area contributed by atoms with Crippen molar-refractivity contribution in [1.29, 1.82) is 0 Å². The molecular weight excluding hydrogens is 296 g/mol. The Morgan fingerprint density at radius 1 is 1.04 bits per heavy atom. The minimum Gasteiger partial charge on any atom is -0.378 e. The molecule has 0 bridgehead atoms. The highest BCUT2D eigenvalue weighted by Crippen LogP contribution is 2.11. The van der Waals surface area contributed by atoms with E-state index in [-0.39, 0.29) is 17.7 Å². The molecule has 2 aliphatic heterocycles. The van der Waals surface area contributed by atoms with Crippen molar-refractivity contribution >= 4 is 11.8 Å². The number of ether oxygens (including phenoxy) is 1. The maximum atomic E-state index is 12.4. The van der Waals surface area contributed by atoms with Crippen LogP contribution in [-0.4, -0.2) is 91.6 Å². The van der Waals surface area contributed by atoms with Crippen LogP contribution in [0.25, 0.3) is 0 Å². The lowest BCUT2D eigenvalue weighted by atomic mass is 9.98. The molecule has 2 aliphatic rings. The second-order valence-electron chi connectivity index (χ2n) is 6.51. The lowest BCUT2D eigenvalue weighted by molar-refractivity contribution is -0.138. The van der Waals surface area contributed by atoms with E-state index in [1.165, 1.54) is 0 Å². The van der Waals surface area contributed by atoms with Crippen molar-refractivity contribution < 1.29 is 14.3 Å². The number of nitrogens with zero attached hydrogens (tertiary/aromatic N) is 3. The van der Waals surface area contributed by atoms with Gasteiger partial charge < -0.3 is 20.3 Å². The number of rotatable bonds is 5. The Bertz CT molecular complexity index is 404. The van der Waals surface area contributed by atoms with E-state index in [4.69, 9.17) is 10.5 Å². The second-order valence-corrected chi connectivity index (χ2v) is 6.51. The van der Waals surface area contributed by atoms with Crippen molar-refractivity contribution in [2.75, 3.05) is 59.0 Å². The Balaban J connectivity index is 1.75. The van der Waals surface area contributed by atoms with E-state index in [9.17, 15) is 9.59 Å². The Morgan fingerprint density at radius 3 is 2.22 bits per heavy atom. The number of hydrogen-bond acceptors (Lipinski definition) is 5. The first kappa shape index (κ1) is 18.2. The van der Waals surface area contributed by atoms with Crippen molar-refractivity contribution in [3.63, 3.8) is 0 Å². The predicted molar refractivity (Wildman–Crippen MR) is 87.8 cm³/mol. The van der Waals surface area contributed by atoms with Crippen LogP contribution in [0.2, 0.25) is 0 Å². The van der Waals surface area contributed by atoms with Gasteiger partial charge in [0.15, 0.2) is 0 Å². The summed E-state index contributed by atoms with van der Waals surface area (Å²) in [6.45, 7) is 9.88. The molecule has 2 rings (SSSR count). The summed E-state index contributed by atoms with van der Waals surface area (Å²) < 4.78 is 5.27. The number of carbonyl (C=O) groups excluding carboxylic acids is 2. The molecule has 0 radical (unpaired) electrons. The first-order valence-corrected chi connectivity index (χ1v) is 8.65. The third kappa shape index (κ3) is 4.89. The number of morpholine rings is 1. The summed E-state index contributed by atoms with van der Waals surface area (Å²) >= 11 is 0. The molecule has 0 spiro atoms. The van der Waals surface area contributed by atoms with Gasteiger partial charge >= 0.3 is 0 Å². The van der Waals surface area contributed by atoms with E-state index >= 15 is 0 Å². The number of amides is 2. The molecule has 0 aliphatic carbocycles. The van der Waals surface area contributed by atoms with Crippen LogP contribution in [0.15, 0.2) is 0 Å². The second kappa shape index (κ2) is 8.61. The Hall–Kier alpha value is -1.18. The van der Waals surface area contributed by atoms with E-state index in [1.807, 2.05) is 23.6 Å². The van der Waals surface area contributed by atoms with Gasteiger partial charge in [0.05, 0.1) is 25.8 Å². The van der Waals surface area contributed by atoms with E-state index in [0.717, 1.165) is 19.5 Å². The van der Waals surface area contributed by atoms with Gasteiger partial charge in [-0.1, -0.05) is 20.3 Å². The van der Waals surface area contributed by atoms with E-state index in [1.54, 1.807) is 0 Å². The van der Waals surface area contributed by atoms with Crippen LogP contribution in [0, 0.1) is 5.92 Å². The van der Waals surface area contributed by atoms with Crippen LogP contribution in [0.5, 0.6) is 0 Å². The third-order valence-corrected chi connectivity index (χ3v) is 4.95. The lowest BCUT2D eigenvalue weighted by Crippen LogP contribution is -2.56. The summed E-state index contributed by atoms with van der Waals surface area (Å²) in [4.78, 5) is 30.4. The average molecular weight is 326 g/mol. The largest absolute Gasteiger partial charge is 0.378 e. The Kier molecular flexibility index (Phi) is 6.80. The molecule has 7 heteroatoms. The molecule has 7 nitrogen and oxygen atoms in total. The molecule has 0 aromatic heterocycles. The van der Waals surface area contributed by atoms with Crippen LogP contribution in [0.3, 0.4) is 0 Å². The fourth-order valence-electron chi connectivity index (χ4n) is 2.94.